The summed E-state index contributed by atoms with van der Waals surface area (Å²) in [6, 6.07) is 21.3. The number of aliphatic hydroxyl groups excluding tert-OH is 1. The maximum Gasteiger partial charge on any atom is 0.323 e. The predicted octanol–water partition coefficient (Wildman–Crippen LogP) is 3.80. The van der Waals surface area contributed by atoms with Crippen molar-refractivity contribution in [2.45, 2.75) is 37.3 Å². The summed E-state index contributed by atoms with van der Waals surface area (Å²) in [5, 5.41) is 15.4. The summed E-state index contributed by atoms with van der Waals surface area (Å²) in [5.41, 5.74) is 1.63. The van der Waals surface area contributed by atoms with Crippen LogP contribution in [0, 0.1) is 5.92 Å². The zero-order valence-corrected chi connectivity index (χ0v) is 24.2. The van der Waals surface area contributed by atoms with Gasteiger partial charge in [-0.1, -0.05) is 43.3 Å². The predicted molar refractivity (Wildman–Crippen MR) is 157 cm³/mol. The zero-order chi connectivity index (χ0) is 29.6. The third-order valence-electron chi connectivity index (χ3n) is 7.09. The monoisotopic (exact) mass is 580 g/mol. The van der Waals surface area contributed by atoms with Crippen LogP contribution in [0.5, 0.6) is 5.75 Å². The van der Waals surface area contributed by atoms with Crippen molar-refractivity contribution < 1.29 is 27.9 Å². The average Bonchev–Trinajstić information content (AvgIpc) is 3.01. The van der Waals surface area contributed by atoms with Crippen molar-refractivity contribution in [3.8, 4) is 5.75 Å². The van der Waals surface area contributed by atoms with Crippen LogP contribution in [-0.2, 0) is 21.2 Å². The maximum absolute atomic E-state index is 13.4. The zero-order valence-electron chi connectivity index (χ0n) is 23.4. The summed E-state index contributed by atoms with van der Waals surface area (Å²) < 4.78 is 34.2. The van der Waals surface area contributed by atoms with Crippen molar-refractivity contribution in [2.24, 2.45) is 5.92 Å². The van der Waals surface area contributed by atoms with E-state index in [2.05, 4.69) is 10.6 Å². The highest BCUT2D eigenvalue weighted by Gasteiger charge is 2.33. The number of hydrogen-bond donors (Lipinski definition) is 3. The molecule has 1 aliphatic rings. The van der Waals surface area contributed by atoms with Gasteiger partial charge in [-0.05, 0) is 49.4 Å². The smallest absolute Gasteiger partial charge is 0.323 e. The van der Waals surface area contributed by atoms with Crippen molar-refractivity contribution in [3.63, 3.8) is 0 Å². The third kappa shape index (κ3) is 7.43. The summed E-state index contributed by atoms with van der Waals surface area (Å²) in [5.74, 6) is -0.0601. The summed E-state index contributed by atoms with van der Waals surface area (Å²) in [6.07, 6.45) is -0.635. The van der Waals surface area contributed by atoms with Gasteiger partial charge in [-0.25, -0.2) is 13.2 Å². The van der Waals surface area contributed by atoms with Gasteiger partial charge < -0.3 is 25.4 Å². The molecule has 0 aromatic heterocycles. The molecule has 1 aliphatic heterocycles. The fraction of sp³-hybridized carbons (Fsp3) is 0.333. The number of aliphatic hydroxyl groups is 1. The Morgan fingerprint density at radius 3 is 2.34 bits per heavy atom. The van der Waals surface area contributed by atoms with Gasteiger partial charge >= 0.3 is 6.03 Å². The van der Waals surface area contributed by atoms with Gasteiger partial charge in [0.1, 0.15) is 11.9 Å². The molecule has 0 unspecified atom stereocenters. The van der Waals surface area contributed by atoms with E-state index < -0.39 is 28.2 Å². The van der Waals surface area contributed by atoms with Crippen molar-refractivity contribution >= 4 is 33.3 Å². The highest BCUT2D eigenvalue weighted by Crippen LogP contribution is 2.30. The molecule has 11 heteroatoms. The molecule has 3 atom stereocenters. The van der Waals surface area contributed by atoms with E-state index in [4.69, 9.17) is 4.74 Å². The van der Waals surface area contributed by atoms with Crippen LogP contribution in [0.2, 0.25) is 0 Å². The minimum Gasteiger partial charge on any atom is -0.488 e. The summed E-state index contributed by atoms with van der Waals surface area (Å²) in [4.78, 5) is 27.8. The van der Waals surface area contributed by atoms with Crippen LogP contribution in [0.3, 0.4) is 0 Å². The van der Waals surface area contributed by atoms with Crippen LogP contribution in [0.1, 0.15) is 19.4 Å². The van der Waals surface area contributed by atoms with E-state index in [0.29, 0.717) is 22.7 Å². The number of hydrogen-bond acceptors (Lipinski definition) is 6. The molecule has 1 heterocycles. The van der Waals surface area contributed by atoms with Crippen molar-refractivity contribution in [1.82, 2.24) is 9.21 Å². The highest BCUT2D eigenvalue weighted by atomic mass is 32.2. The Balaban J connectivity index is 1.62. The second-order valence-electron chi connectivity index (χ2n) is 10.3. The summed E-state index contributed by atoms with van der Waals surface area (Å²) in [7, 11) is -2.28. The minimum atomic E-state index is -3.78. The van der Waals surface area contributed by atoms with E-state index in [1.54, 1.807) is 72.5 Å². The summed E-state index contributed by atoms with van der Waals surface area (Å²) >= 11 is 0. The van der Waals surface area contributed by atoms with Gasteiger partial charge in [0.25, 0.3) is 0 Å². The van der Waals surface area contributed by atoms with Crippen molar-refractivity contribution in [1.29, 1.82) is 0 Å². The molecule has 0 saturated carbocycles. The Hall–Kier alpha value is -3.93. The Morgan fingerprint density at radius 2 is 1.68 bits per heavy atom. The van der Waals surface area contributed by atoms with Crippen LogP contribution in [0.4, 0.5) is 16.2 Å². The second kappa shape index (κ2) is 13.2. The molecule has 3 aromatic carbocycles. The molecule has 218 valence electrons. The first kappa shape index (κ1) is 30.0. The lowest BCUT2D eigenvalue weighted by Gasteiger charge is -2.33. The molecule has 4 rings (SSSR count). The number of likely N-dealkylation sites (N-methyl/N-ethyl adjacent to an activating group) is 1. The number of rotatable bonds is 8. The number of amides is 3. The molecule has 3 aromatic rings. The highest BCUT2D eigenvalue weighted by molar-refractivity contribution is 7.89. The molecule has 41 heavy (non-hydrogen) atoms. The number of urea groups is 1. The number of fused-ring (bicyclic) bond motifs is 1. The number of nitrogens with zero attached hydrogens (tertiary/aromatic N) is 2. The number of carbonyl (C=O) groups excluding carboxylic acids is 2. The fourth-order valence-corrected chi connectivity index (χ4v) is 5.87. The van der Waals surface area contributed by atoms with Crippen molar-refractivity contribution in [3.05, 3.63) is 84.4 Å². The molecular formula is C30H36N4O6S. The van der Waals surface area contributed by atoms with Crippen LogP contribution in [-0.4, -0.2) is 73.6 Å². The van der Waals surface area contributed by atoms with E-state index in [9.17, 15) is 23.1 Å². The van der Waals surface area contributed by atoms with E-state index in [1.807, 2.05) is 25.1 Å². The number of benzene rings is 3. The molecule has 0 radical (unpaired) electrons. The molecule has 3 amide bonds. The SMILES string of the molecule is C[C@H](CO)N1C[C@H](C)[C@@H](CN(C)S(=O)(=O)c2ccccc2)Oc2ccc(NC(=O)Nc3ccccc3)cc2CC1=O. The lowest BCUT2D eigenvalue weighted by Crippen LogP contribution is -2.48. The van der Waals surface area contributed by atoms with Gasteiger partial charge in [-0.15, -0.1) is 0 Å². The molecule has 0 spiro atoms. The lowest BCUT2D eigenvalue weighted by molar-refractivity contribution is -0.134. The van der Waals surface area contributed by atoms with Gasteiger partial charge in [0.15, 0.2) is 0 Å². The standard InChI is InChI=1S/C30H36N4O6S/c1-21-18-34(22(2)20-35)29(36)17-23-16-25(32-30(37)31-24-10-6-4-7-11-24)14-15-27(23)40-28(21)19-33(3)41(38,39)26-12-8-5-9-13-26/h4-16,21-22,28,35H,17-20H2,1-3H3,(H2,31,32,37)/t21-,22+,28+/m0/s1. The molecule has 10 nitrogen and oxygen atoms in total. The van der Waals surface area contributed by atoms with Crippen molar-refractivity contribution in [2.75, 3.05) is 37.4 Å². The Bertz CT molecular complexity index is 1450. The Kier molecular flexibility index (Phi) is 9.64. The first-order valence-electron chi connectivity index (χ1n) is 13.4. The topological polar surface area (TPSA) is 128 Å². The molecule has 0 bridgehead atoms. The van der Waals surface area contributed by atoms with E-state index in [1.165, 1.54) is 11.4 Å². The van der Waals surface area contributed by atoms with Gasteiger partial charge in [0.05, 0.1) is 30.5 Å². The lowest BCUT2D eigenvalue weighted by atomic mass is 10.0. The minimum absolute atomic E-state index is 0.0207. The first-order valence-corrected chi connectivity index (χ1v) is 14.9. The molecule has 0 saturated heterocycles. The Morgan fingerprint density at radius 1 is 1.05 bits per heavy atom. The fourth-order valence-electron chi connectivity index (χ4n) is 4.66. The second-order valence-corrected chi connectivity index (χ2v) is 12.3. The van der Waals surface area contributed by atoms with E-state index in [-0.39, 0.29) is 42.8 Å². The van der Waals surface area contributed by atoms with Crippen LogP contribution >= 0.6 is 0 Å². The number of carbonyl (C=O) groups is 2. The Labute approximate surface area is 241 Å². The average molecular weight is 581 g/mol. The third-order valence-corrected chi connectivity index (χ3v) is 8.93. The summed E-state index contributed by atoms with van der Waals surface area (Å²) in [6.45, 7) is 3.74. The number of para-hydroxylation sites is 1. The number of ether oxygens (including phenoxy) is 1. The van der Waals surface area contributed by atoms with Crippen LogP contribution in [0.15, 0.2) is 83.8 Å². The number of anilines is 2. The van der Waals surface area contributed by atoms with E-state index in [0.717, 1.165) is 0 Å². The maximum atomic E-state index is 13.4. The first-order chi connectivity index (χ1) is 19.6. The van der Waals surface area contributed by atoms with E-state index >= 15 is 0 Å². The molecular weight excluding hydrogens is 544 g/mol. The largest absolute Gasteiger partial charge is 0.488 e. The van der Waals surface area contributed by atoms with Crippen LogP contribution < -0.4 is 15.4 Å². The van der Waals surface area contributed by atoms with Crippen LogP contribution in [0.25, 0.3) is 0 Å². The molecule has 3 N–H and O–H groups in total. The van der Waals surface area contributed by atoms with Gasteiger partial charge in [-0.3, -0.25) is 4.79 Å². The number of sulfonamides is 1. The quantitative estimate of drug-likeness (QED) is 0.372. The van der Waals surface area contributed by atoms with Gasteiger partial charge in [-0.2, -0.15) is 4.31 Å². The number of nitrogens with one attached hydrogen (secondary N) is 2. The normalized spacial score (nSPS) is 18.4. The van der Waals surface area contributed by atoms with Gasteiger partial charge in [0, 0.05) is 36.4 Å². The molecule has 0 fully saturated rings. The molecule has 0 aliphatic carbocycles. The van der Waals surface area contributed by atoms with Gasteiger partial charge in [0.2, 0.25) is 15.9 Å².